The third-order valence-corrected chi connectivity index (χ3v) is 3.38. The van der Waals surface area contributed by atoms with Crippen molar-refractivity contribution in [1.29, 1.82) is 0 Å². The molecule has 0 spiro atoms. The zero-order valence-electron chi connectivity index (χ0n) is 12.2. The van der Waals surface area contributed by atoms with Crippen molar-refractivity contribution in [3.8, 4) is 5.75 Å². The molecule has 2 nitrogen and oxygen atoms in total. The second kappa shape index (κ2) is 6.58. The van der Waals surface area contributed by atoms with Gasteiger partial charge in [-0.2, -0.15) is 0 Å². The van der Waals surface area contributed by atoms with Crippen molar-refractivity contribution in [3.63, 3.8) is 0 Å². The average molecular weight is 248 g/mol. The van der Waals surface area contributed by atoms with Crippen LogP contribution < -0.4 is 4.74 Å². The summed E-state index contributed by atoms with van der Waals surface area (Å²) in [5, 5.41) is 0. The molecule has 0 atom stereocenters. The first-order chi connectivity index (χ1) is 8.49. The average Bonchev–Trinajstić information content (AvgIpc) is 2.35. The number of carbonyl (C=O) groups is 1. The van der Waals surface area contributed by atoms with Crippen LogP contribution in [0.25, 0.3) is 0 Å². The highest BCUT2D eigenvalue weighted by molar-refractivity contribution is 5.78. The molecular formula is C16H24O2. The van der Waals surface area contributed by atoms with E-state index in [1.165, 1.54) is 16.7 Å². The molecule has 0 heterocycles. The van der Waals surface area contributed by atoms with Crippen LogP contribution in [0.15, 0.2) is 12.1 Å². The summed E-state index contributed by atoms with van der Waals surface area (Å²) in [6, 6.07) is 4.28. The Kier molecular flexibility index (Phi) is 5.39. The molecule has 0 aliphatic carbocycles. The van der Waals surface area contributed by atoms with Gasteiger partial charge in [0.05, 0.1) is 7.11 Å². The van der Waals surface area contributed by atoms with E-state index in [0.717, 1.165) is 12.2 Å². The molecule has 0 fully saturated rings. The molecule has 1 aromatic rings. The molecule has 0 N–H and O–H groups in total. The van der Waals surface area contributed by atoms with Crippen LogP contribution in [0.4, 0.5) is 0 Å². The molecule has 0 unspecified atom stereocenters. The predicted molar refractivity (Wildman–Crippen MR) is 75.4 cm³/mol. The number of methoxy groups -OCH3 is 1. The smallest absolute Gasteiger partial charge is 0.132 e. The first-order valence-corrected chi connectivity index (χ1v) is 6.68. The van der Waals surface area contributed by atoms with Crippen molar-refractivity contribution in [1.82, 2.24) is 0 Å². The van der Waals surface area contributed by atoms with Crippen LogP contribution in [0.2, 0.25) is 0 Å². The summed E-state index contributed by atoms with van der Waals surface area (Å²) < 4.78 is 5.42. The maximum Gasteiger partial charge on any atom is 0.132 e. The summed E-state index contributed by atoms with van der Waals surface area (Å²) in [7, 11) is 1.71. The monoisotopic (exact) mass is 248 g/mol. The summed E-state index contributed by atoms with van der Waals surface area (Å²) in [6.45, 7) is 8.32. The number of hydrogen-bond acceptors (Lipinski definition) is 2. The van der Waals surface area contributed by atoms with Crippen molar-refractivity contribution >= 4 is 5.78 Å². The summed E-state index contributed by atoms with van der Waals surface area (Å²) in [6.07, 6.45) is 2.11. The minimum absolute atomic E-state index is 0.330. The van der Waals surface area contributed by atoms with Gasteiger partial charge in [0, 0.05) is 12.8 Å². The molecule has 100 valence electrons. The van der Waals surface area contributed by atoms with E-state index in [-0.39, 0.29) is 0 Å². The molecule has 0 bridgehead atoms. The van der Waals surface area contributed by atoms with E-state index >= 15 is 0 Å². The Morgan fingerprint density at radius 2 is 2.00 bits per heavy atom. The number of rotatable bonds is 6. The fraction of sp³-hybridized carbons (Fsp3) is 0.562. The van der Waals surface area contributed by atoms with Crippen LogP contribution in [0.1, 0.15) is 56.2 Å². The lowest BCUT2D eigenvalue weighted by Crippen LogP contribution is -2.02. The number of carbonyl (C=O) groups excluding carboxylic acids is 1. The molecule has 18 heavy (non-hydrogen) atoms. The van der Waals surface area contributed by atoms with Gasteiger partial charge in [0.1, 0.15) is 11.5 Å². The minimum Gasteiger partial charge on any atom is -0.496 e. The lowest BCUT2D eigenvalue weighted by atomic mass is 9.94. The van der Waals surface area contributed by atoms with Crippen molar-refractivity contribution in [2.75, 3.05) is 7.11 Å². The van der Waals surface area contributed by atoms with Crippen LogP contribution >= 0.6 is 0 Å². The van der Waals surface area contributed by atoms with E-state index in [1.54, 1.807) is 7.11 Å². The van der Waals surface area contributed by atoms with Gasteiger partial charge in [-0.05, 0) is 42.0 Å². The maximum absolute atomic E-state index is 11.4. The van der Waals surface area contributed by atoms with Gasteiger partial charge < -0.3 is 4.74 Å². The number of ether oxygens (including phenoxy) is 1. The number of aryl methyl sites for hydroxylation is 2. The quantitative estimate of drug-likeness (QED) is 0.759. The van der Waals surface area contributed by atoms with Gasteiger partial charge in [-0.25, -0.2) is 0 Å². The van der Waals surface area contributed by atoms with E-state index < -0.39 is 0 Å². The standard InChI is InChI=1S/C16H24O2/c1-6-14(17)8-7-13-10-15(11(2)3)16(18-5)9-12(13)4/h9-11H,6-8H2,1-5H3. The molecule has 1 aromatic carbocycles. The summed E-state index contributed by atoms with van der Waals surface area (Å²) >= 11 is 0. The Labute approximate surface area is 110 Å². The van der Waals surface area contributed by atoms with Gasteiger partial charge in [-0.15, -0.1) is 0 Å². The SMILES string of the molecule is CCC(=O)CCc1cc(C(C)C)c(OC)cc1C. The maximum atomic E-state index is 11.4. The van der Waals surface area contributed by atoms with Gasteiger partial charge in [0.25, 0.3) is 0 Å². The van der Waals surface area contributed by atoms with Gasteiger partial charge in [-0.3, -0.25) is 4.79 Å². The van der Waals surface area contributed by atoms with Crippen LogP contribution in [-0.2, 0) is 11.2 Å². The second-order valence-corrected chi connectivity index (χ2v) is 5.07. The van der Waals surface area contributed by atoms with E-state index in [9.17, 15) is 4.79 Å². The Balaban J connectivity index is 2.98. The third kappa shape index (κ3) is 3.59. The largest absolute Gasteiger partial charge is 0.496 e. The lowest BCUT2D eigenvalue weighted by Gasteiger charge is -2.16. The van der Waals surface area contributed by atoms with Crippen LogP contribution in [0, 0.1) is 6.92 Å². The Hall–Kier alpha value is -1.31. The highest BCUT2D eigenvalue weighted by Gasteiger charge is 2.11. The number of benzene rings is 1. The molecule has 0 amide bonds. The van der Waals surface area contributed by atoms with E-state index in [0.29, 0.717) is 24.5 Å². The summed E-state index contributed by atoms with van der Waals surface area (Å²) in [4.78, 5) is 11.4. The molecule has 0 aromatic heterocycles. The minimum atomic E-state index is 0.330. The first kappa shape index (κ1) is 14.7. The van der Waals surface area contributed by atoms with Gasteiger partial charge >= 0.3 is 0 Å². The molecule has 2 heteroatoms. The second-order valence-electron chi connectivity index (χ2n) is 5.07. The molecule has 1 rings (SSSR count). The molecule has 0 radical (unpaired) electrons. The molecular weight excluding hydrogens is 224 g/mol. The Morgan fingerprint density at radius 1 is 1.33 bits per heavy atom. The van der Waals surface area contributed by atoms with Crippen molar-refractivity contribution in [2.24, 2.45) is 0 Å². The molecule has 0 saturated carbocycles. The van der Waals surface area contributed by atoms with Crippen LogP contribution in [0.5, 0.6) is 5.75 Å². The number of Topliss-reactive ketones (excluding diaryl/α,β-unsaturated/α-hetero) is 1. The fourth-order valence-electron chi connectivity index (χ4n) is 2.09. The van der Waals surface area contributed by atoms with Crippen LogP contribution in [0.3, 0.4) is 0 Å². The normalized spacial score (nSPS) is 10.8. The first-order valence-electron chi connectivity index (χ1n) is 6.68. The summed E-state index contributed by atoms with van der Waals surface area (Å²) in [5.41, 5.74) is 3.70. The van der Waals surface area contributed by atoms with Crippen LogP contribution in [-0.4, -0.2) is 12.9 Å². The number of ketones is 1. The predicted octanol–water partition coefficient (Wildman–Crippen LogP) is 4.04. The zero-order chi connectivity index (χ0) is 13.7. The van der Waals surface area contributed by atoms with Gasteiger partial charge in [-0.1, -0.05) is 26.8 Å². The highest BCUT2D eigenvalue weighted by Crippen LogP contribution is 2.30. The third-order valence-electron chi connectivity index (χ3n) is 3.38. The topological polar surface area (TPSA) is 26.3 Å². The zero-order valence-corrected chi connectivity index (χ0v) is 12.2. The lowest BCUT2D eigenvalue weighted by molar-refractivity contribution is -0.118. The molecule has 0 saturated heterocycles. The summed E-state index contributed by atoms with van der Waals surface area (Å²) in [5.74, 6) is 1.71. The highest BCUT2D eigenvalue weighted by atomic mass is 16.5. The van der Waals surface area contributed by atoms with Crippen molar-refractivity contribution < 1.29 is 9.53 Å². The number of hydrogen-bond donors (Lipinski definition) is 0. The molecule has 0 aliphatic rings. The van der Waals surface area contributed by atoms with Gasteiger partial charge in [0.2, 0.25) is 0 Å². The van der Waals surface area contributed by atoms with E-state index in [4.69, 9.17) is 4.74 Å². The van der Waals surface area contributed by atoms with Crippen molar-refractivity contribution in [2.45, 2.75) is 52.9 Å². The molecule has 0 aliphatic heterocycles. The van der Waals surface area contributed by atoms with Gasteiger partial charge in [0.15, 0.2) is 0 Å². The van der Waals surface area contributed by atoms with Crippen molar-refractivity contribution in [3.05, 3.63) is 28.8 Å². The Bertz CT molecular complexity index is 419. The van der Waals surface area contributed by atoms with E-state index in [1.807, 2.05) is 6.92 Å². The van der Waals surface area contributed by atoms with E-state index in [2.05, 4.69) is 32.9 Å². The Morgan fingerprint density at radius 3 is 2.50 bits per heavy atom. The fourth-order valence-corrected chi connectivity index (χ4v) is 2.09.